The molecule has 0 rings (SSSR count). The van der Waals surface area contributed by atoms with E-state index < -0.39 is 6.10 Å². The molecule has 2 unspecified atom stereocenters. The van der Waals surface area contributed by atoms with Crippen LogP contribution >= 0.6 is 0 Å². The third-order valence-corrected chi connectivity index (χ3v) is 1.64. The summed E-state index contributed by atoms with van der Waals surface area (Å²) in [6, 6.07) is 0. The second kappa shape index (κ2) is 4.07. The average Bonchev–Trinajstić information content (AvgIpc) is 1.79. The number of ether oxygens (including phenoxy) is 1. The van der Waals surface area contributed by atoms with Gasteiger partial charge in [-0.05, 0) is 19.3 Å². The molecule has 1 N–H and O–H groups in total. The molecule has 0 saturated heterocycles. The van der Waals surface area contributed by atoms with Crippen LogP contribution in [-0.2, 0) is 4.74 Å². The molecule has 2 heteroatoms. The second-order valence-corrected chi connectivity index (χ2v) is 3.98. The van der Waals surface area contributed by atoms with E-state index in [0.29, 0.717) is 6.61 Å². The molecule has 0 spiro atoms. The van der Waals surface area contributed by atoms with Crippen molar-refractivity contribution in [3.63, 3.8) is 0 Å². The summed E-state index contributed by atoms with van der Waals surface area (Å²) in [4.78, 5) is 0. The van der Waals surface area contributed by atoms with Crippen LogP contribution in [0.5, 0.6) is 0 Å². The fourth-order valence-corrected chi connectivity index (χ4v) is 1.29. The van der Waals surface area contributed by atoms with Crippen LogP contribution in [0.4, 0.5) is 0 Å². The van der Waals surface area contributed by atoms with Crippen molar-refractivity contribution in [2.45, 2.75) is 46.8 Å². The Bertz CT molecular complexity index is 103. The second-order valence-electron chi connectivity index (χ2n) is 3.98. The molecule has 0 amide bonds. The van der Waals surface area contributed by atoms with E-state index in [1.54, 1.807) is 6.92 Å². The van der Waals surface area contributed by atoms with Crippen LogP contribution < -0.4 is 0 Å². The Morgan fingerprint density at radius 3 is 1.91 bits per heavy atom. The zero-order chi connectivity index (χ0) is 9.07. The zero-order valence-corrected chi connectivity index (χ0v) is 8.22. The molecule has 0 aliphatic rings. The van der Waals surface area contributed by atoms with Gasteiger partial charge in [-0.25, -0.2) is 0 Å². The molecule has 0 heterocycles. The van der Waals surface area contributed by atoms with Crippen molar-refractivity contribution >= 4 is 0 Å². The van der Waals surface area contributed by atoms with Crippen LogP contribution in [0.2, 0.25) is 0 Å². The predicted molar refractivity (Wildman–Crippen MR) is 46.5 cm³/mol. The highest BCUT2D eigenvalue weighted by atomic mass is 16.5. The van der Waals surface area contributed by atoms with E-state index in [0.717, 1.165) is 0 Å². The van der Waals surface area contributed by atoms with Crippen molar-refractivity contribution in [1.82, 2.24) is 0 Å². The van der Waals surface area contributed by atoms with E-state index in [9.17, 15) is 5.11 Å². The highest BCUT2D eigenvalue weighted by molar-refractivity contribution is 4.78. The molecule has 2 nitrogen and oxygen atoms in total. The Kier molecular flexibility index (Phi) is 4.04. The lowest BCUT2D eigenvalue weighted by Gasteiger charge is -2.32. The lowest BCUT2D eigenvalue weighted by Crippen LogP contribution is -2.38. The van der Waals surface area contributed by atoms with E-state index in [1.807, 2.05) is 6.92 Å². The van der Waals surface area contributed by atoms with Crippen LogP contribution in [0.15, 0.2) is 0 Å². The van der Waals surface area contributed by atoms with Crippen molar-refractivity contribution in [1.29, 1.82) is 0 Å². The maximum absolute atomic E-state index is 9.35. The zero-order valence-electron chi connectivity index (χ0n) is 8.22. The molecule has 0 bridgehead atoms. The van der Waals surface area contributed by atoms with Crippen LogP contribution in [0, 0.1) is 5.41 Å². The number of hydrogen-bond acceptors (Lipinski definition) is 2. The monoisotopic (exact) mass is 160 g/mol. The third-order valence-electron chi connectivity index (χ3n) is 1.64. The first-order valence-electron chi connectivity index (χ1n) is 4.19. The Hall–Kier alpha value is -0.0800. The van der Waals surface area contributed by atoms with Crippen molar-refractivity contribution in [3.05, 3.63) is 0 Å². The van der Waals surface area contributed by atoms with Gasteiger partial charge < -0.3 is 9.84 Å². The van der Waals surface area contributed by atoms with Crippen molar-refractivity contribution < 1.29 is 9.84 Å². The average molecular weight is 160 g/mol. The number of rotatable bonds is 3. The smallest absolute Gasteiger partial charge is 0.0879 e. The quantitative estimate of drug-likeness (QED) is 0.682. The van der Waals surface area contributed by atoms with Gasteiger partial charge in [0, 0.05) is 6.61 Å². The molecule has 11 heavy (non-hydrogen) atoms. The molecule has 0 fully saturated rings. The largest absolute Gasteiger partial charge is 0.391 e. The van der Waals surface area contributed by atoms with Gasteiger partial charge in [-0.2, -0.15) is 0 Å². The van der Waals surface area contributed by atoms with Crippen molar-refractivity contribution in [3.8, 4) is 0 Å². The van der Waals surface area contributed by atoms with Gasteiger partial charge in [0.15, 0.2) is 0 Å². The van der Waals surface area contributed by atoms with Crippen LogP contribution in [0.1, 0.15) is 34.6 Å². The molecule has 0 aromatic carbocycles. The van der Waals surface area contributed by atoms with E-state index in [2.05, 4.69) is 20.8 Å². The first kappa shape index (κ1) is 10.9. The van der Waals surface area contributed by atoms with E-state index in [-0.39, 0.29) is 11.5 Å². The molecule has 2 atom stereocenters. The number of aliphatic hydroxyl groups is 1. The minimum atomic E-state index is -0.394. The van der Waals surface area contributed by atoms with Gasteiger partial charge in [0.2, 0.25) is 0 Å². The summed E-state index contributed by atoms with van der Waals surface area (Å²) >= 11 is 0. The molecule has 0 aliphatic carbocycles. The summed E-state index contributed by atoms with van der Waals surface area (Å²) in [5.41, 5.74) is 0.0180. The van der Waals surface area contributed by atoms with Crippen molar-refractivity contribution in [2.24, 2.45) is 5.41 Å². The SMILES string of the molecule is CCOC(C(C)O)C(C)(C)C. The molecule has 0 aromatic rings. The number of hydrogen-bond donors (Lipinski definition) is 1. The first-order valence-corrected chi connectivity index (χ1v) is 4.19. The van der Waals surface area contributed by atoms with Gasteiger partial charge in [0.25, 0.3) is 0 Å². The Labute approximate surface area is 69.6 Å². The highest BCUT2D eigenvalue weighted by Crippen LogP contribution is 2.24. The fraction of sp³-hybridized carbons (Fsp3) is 1.00. The third kappa shape index (κ3) is 3.73. The lowest BCUT2D eigenvalue weighted by atomic mass is 9.86. The molecule has 68 valence electrons. The summed E-state index contributed by atoms with van der Waals surface area (Å²) in [7, 11) is 0. The standard InChI is InChI=1S/C9H20O2/c1-6-11-8(7(2)10)9(3,4)5/h7-8,10H,6H2,1-5H3. The fourth-order valence-electron chi connectivity index (χ4n) is 1.29. The lowest BCUT2D eigenvalue weighted by molar-refractivity contribution is -0.0810. The Morgan fingerprint density at radius 1 is 1.36 bits per heavy atom. The normalized spacial score (nSPS) is 18.0. The topological polar surface area (TPSA) is 29.5 Å². The van der Waals surface area contributed by atoms with Crippen LogP contribution in [0.25, 0.3) is 0 Å². The van der Waals surface area contributed by atoms with Gasteiger partial charge in [-0.1, -0.05) is 20.8 Å². The van der Waals surface area contributed by atoms with E-state index in [4.69, 9.17) is 4.74 Å². The van der Waals surface area contributed by atoms with Crippen molar-refractivity contribution in [2.75, 3.05) is 6.61 Å². The summed E-state index contributed by atoms with van der Waals surface area (Å²) in [5.74, 6) is 0. The highest BCUT2D eigenvalue weighted by Gasteiger charge is 2.28. The minimum Gasteiger partial charge on any atom is -0.391 e. The van der Waals surface area contributed by atoms with Gasteiger partial charge in [-0.15, -0.1) is 0 Å². The molecule has 0 aromatic heterocycles. The molecule has 0 aliphatic heterocycles. The Morgan fingerprint density at radius 2 is 1.82 bits per heavy atom. The van der Waals surface area contributed by atoms with Gasteiger partial charge in [-0.3, -0.25) is 0 Å². The molecule has 0 radical (unpaired) electrons. The Balaban J connectivity index is 4.10. The van der Waals surface area contributed by atoms with Gasteiger partial charge in [0.05, 0.1) is 12.2 Å². The maximum Gasteiger partial charge on any atom is 0.0879 e. The van der Waals surface area contributed by atoms with E-state index >= 15 is 0 Å². The van der Waals surface area contributed by atoms with E-state index in [1.165, 1.54) is 0 Å². The van der Waals surface area contributed by atoms with Crippen LogP contribution in [0.3, 0.4) is 0 Å². The maximum atomic E-state index is 9.35. The summed E-state index contributed by atoms with van der Waals surface area (Å²) in [6.07, 6.45) is -0.456. The van der Waals surface area contributed by atoms with Gasteiger partial charge in [0.1, 0.15) is 0 Å². The number of aliphatic hydroxyl groups excluding tert-OH is 1. The molecule has 0 saturated carbocycles. The van der Waals surface area contributed by atoms with Gasteiger partial charge >= 0.3 is 0 Å². The minimum absolute atomic E-state index is 0.0180. The summed E-state index contributed by atoms with van der Waals surface area (Å²) < 4.78 is 5.42. The predicted octanol–water partition coefficient (Wildman–Crippen LogP) is 1.82. The molecular weight excluding hydrogens is 140 g/mol. The first-order chi connectivity index (χ1) is 4.89. The molecular formula is C9H20O2. The summed E-state index contributed by atoms with van der Waals surface area (Å²) in [6.45, 7) is 10.6. The van der Waals surface area contributed by atoms with Crippen LogP contribution in [-0.4, -0.2) is 23.9 Å². The summed E-state index contributed by atoms with van der Waals surface area (Å²) in [5, 5.41) is 9.35.